The van der Waals surface area contributed by atoms with Crippen molar-refractivity contribution in [3.63, 3.8) is 0 Å². The van der Waals surface area contributed by atoms with Gasteiger partial charge in [-0.25, -0.2) is 8.42 Å². The van der Waals surface area contributed by atoms with Gasteiger partial charge in [-0.2, -0.15) is 5.26 Å². The van der Waals surface area contributed by atoms with Gasteiger partial charge in [0.2, 0.25) is 0 Å². The monoisotopic (exact) mass is 244 g/mol. The van der Waals surface area contributed by atoms with Crippen molar-refractivity contribution in [2.75, 3.05) is 18.8 Å². The predicted octanol–water partition coefficient (Wildman–Crippen LogP) is 1.09. The molecule has 92 valence electrons. The molecule has 0 saturated carbocycles. The Hall–Kier alpha value is -0.600. The third-order valence-corrected chi connectivity index (χ3v) is 5.34. The zero-order valence-electron chi connectivity index (χ0n) is 9.99. The van der Waals surface area contributed by atoms with Crippen molar-refractivity contribution >= 4 is 9.84 Å². The van der Waals surface area contributed by atoms with Crippen molar-refractivity contribution in [3.05, 3.63) is 0 Å². The Kier molecular flexibility index (Phi) is 4.34. The van der Waals surface area contributed by atoms with Gasteiger partial charge in [0, 0.05) is 6.54 Å². The maximum atomic E-state index is 11.5. The lowest BCUT2D eigenvalue weighted by Crippen LogP contribution is -2.32. The second-order valence-electron chi connectivity index (χ2n) is 5.08. The lowest BCUT2D eigenvalue weighted by molar-refractivity contribution is 0.431. The molecule has 1 saturated heterocycles. The number of rotatable bonds is 5. The number of hydrogen-bond donors (Lipinski definition) is 1. The molecule has 0 bridgehead atoms. The molecule has 1 aliphatic rings. The Morgan fingerprint density at radius 2 is 2.19 bits per heavy atom. The first-order valence-electron chi connectivity index (χ1n) is 5.71. The SMILES string of the molecule is CC(C)(C#N)CCNCC1CCCS1(=O)=O. The predicted molar refractivity (Wildman–Crippen MR) is 63.7 cm³/mol. The van der Waals surface area contributed by atoms with E-state index < -0.39 is 9.84 Å². The standard InChI is InChI=1S/C11H20N2O2S/c1-11(2,9-12)5-6-13-8-10-4-3-7-16(10,14)15/h10,13H,3-8H2,1-2H3. The van der Waals surface area contributed by atoms with Gasteiger partial charge in [-0.3, -0.25) is 0 Å². The van der Waals surface area contributed by atoms with Crippen LogP contribution < -0.4 is 5.32 Å². The summed E-state index contributed by atoms with van der Waals surface area (Å²) in [4.78, 5) is 0. The van der Waals surface area contributed by atoms with Crippen LogP contribution in [0.1, 0.15) is 33.1 Å². The van der Waals surface area contributed by atoms with Crippen LogP contribution in [0.3, 0.4) is 0 Å². The van der Waals surface area contributed by atoms with Crippen LogP contribution in [-0.2, 0) is 9.84 Å². The summed E-state index contributed by atoms with van der Waals surface area (Å²) in [7, 11) is -2.84. The van der Waals surface area contributed by atoms with Gasteiger partial charge < -0.3 is 5.32 Å². The molecule has 0 radical (unpaired) electrons. The second-order valence-corrected chi connectivity index (χ2v) is 7.48. The Balaban J connectivity index is 2.25. The third-order valence-electron chi connectivity index (χ3n) is 3.06. The van der Waals surface area contributed by atoms with Gasteiger partial charge in [0.25, 0.3) is 0 Å². The average molecular weight is 244 g/mol. The van der Waals surface area contributed by atoms with E-state index in [1.54, 1.807) is 0 Å². The minimum absolute atomic E-state index is 0.210. The first-order valence-corrected chi connectivity index (χ1v) is 7.42. The molecule has 0 aromatic heterocycles. The highest BCUT2D eigenvalue weighted by atomic mass is 32.2. The fraction of sp³-hybridized carbons (Fsp3) is 0.909. The maximum Gasteiger partial charge on any atom is 0.154 e. The smallest absolute Gasteiger partial charge is 0.154 e. The molecule has 1 aliphatic heterocycles. The molecule has 1 atom stereocenters. The lowest BCUT2D eigenvalue weighted by Gasteiger charge is -2.16. The number of nitrogens with zero attached hydrogens (tertiary/aromatic N) is 1. The van der Waals surface area contributed by atoms with Crippen LogP contribution in [0.25, 0.3) is 0 Å². The molecular formula is C11H20N2O2S. The Bertz CT molecular complexity index is 368. The van der Waals surface area contributed by atoms with E-state index in [-0.39, 0.29) is 10.7 Å². The van der Waals surface area contributed by atoms with Gasteiger partial charge in [-0.15, -0.1) is 0 Å². The van der Waals surface area contributed by atoms with Crippen molar-refractivity contribution in [1.29, 1.82) is 5.26 Å². The van der Waals surface area contributed by atoms with Crippen molar-refractivity contribution < 1.29 is 8.42 Å². The van der Waals surface area contributed by atoms with Crippen LogP contribution in [0, 0.1) is 16.7 Å². The molecule has 16 heavy (non-hydrogen) atoms. The molecule has 5 heteroatoms. The van der Waals surface area contributed by atoms with Crippen molar-refractivity contribution in [2.24, 2.45) is 5.41 Å². The van der Waals surface area contributed by atoms with Crippen LogP contribution in [0.5, 0.6) is 0 Å². The summed E-state index contributed by atoms with van der Waals surface area (Å²) >= 11 is 0. The Morgan fingerprint density at radius 3 is 2.69 bits per heavy atom. The van der Waals surface area contributed by atoms with Gasteiger partial charge in [-0.1, -0.05) is 0 Å². The molecule has 0 aliphatic carbocycles. The summed E-state index contributed by atoms with van der Waals surface area (Å²) in [6.45, 7) is 5.01. The van der Waals surface area contributed by atoms with Gasteiger partial charge in [0.1, 0.15) is 0 Å². The summed E-state index contributed by atoms with van der Waals surface area (Å²) in [5.74, 6) is 0.336. The number of nitrogens with one attached hydrogen (secondary N) is 1. The highest BCUT2D eigenvalue weighted by Crippen LogP contribution is 2.20. The quantitative estimate of drug-likeness (QED) is 0.735. The number of sulfone groups is 1. The molecule has 0 aromatic rings. The van der Waals surface area contributed by atoms with E-state index in [2.05, 4.69) is 11.4 Å². The van der Waals surface area contributed by atoms with E-state index in [0.29, 0.717) is 18.8 Å². The lowest BCUT2D eigenvalue weighted by atomic mass is 9.91. The highest BCUT2D eigenvalue weighted by molar-refractivity contribution is 7.92. The Labute approximate surface area is 98.0 Å². The van der Waals surface area contributed by atoms with Gasteiger partial charge in [0.15, 0.2) is 9.84 Å². The zero-order chi connectivity index (χ0) is 12.2. The van der Waals surface area contributed by atoms with Crippen molar-refractivity contribution in [3.8, 4) is 6.07 Å². The molecule has 1 fully saturated rings. The largest absolute Gasteiger partial charge is 0.315 e. The first-order chi connectivity index (χ1) is 7.37. The van der Waals surface area contributed by atoms with Crippen molar-refractivity contribution in [1.82, 2.24) is 5.32 Å². The van der Waals surface area contributed by atoms with Gasteiger partial charge in [0.05, 0.1) is 22.5 Å². The number of hydrogen-bond acceptors (Lipinski definition) is 4. The van der Waals surface area contributed by atoms with E-state index in [1.165, 1.54) is 0 Å². The summed E-state index contributed by atoms with van der Waals surface area (Å²) in [6, 6.07) is 2.23. The van der Waals surface area contributed by atoms with Gasteiger partial charge in [-0.05, 0) is 39.7 Å². The summed E-state index contributed by atoms with van der Waals surface area (Å²) < 4.78 is 23.0. The fourth-order valence-electron chi connectivity index (χ4n) is 1.81. The van der Waals surface area contributed by atoms with Crippen LogP contribution in [0.4, 0.5) is 0 Å². The van der Waals surface area contributed by atoms with Crippen molar-refractivity contribution in [2.45, 2.75) is 38.4 Å². The average Bonchev–Trinajstić information content (AvgIpc) is 2.53. The molecule has 4 nitrogen and oxygen atoms in total. The molecule has 1 N–H and O–H groups in total. The van der Waals surface area contributed by atoms with Crippen LogP contribution in [-0.4, -0.2) is 32.5 Å². The minimum Gasteiger partial charge on any atom is -0.315 e. The molecule has 0 amide bonds. The molecule has 1 unspecified atom stereocenters. The second kappa shape index (κ2) is 5.15. The molecule has 1 rings (SSSR count). The fourth-order valence-corrected chi connectivity index (χ4v) is 3.61. The van der Waals surface area contributed by atoms with E-state index in [1.807, 2.05) is 13.8 Å². The minimum atomic E-state index is -2.84. The topological polar surface area (TPSA) is 70.0 Å². The molecule has 1 heterocycles. The van der Waals surface area contributed by atoms with E-state index >= 15 is 0 Å². The highest BCUT2D eigenvalue weighted by Gasteiger charge is 2.30. The van der Waals surface area contributed by atoms with Crippen LogP contribution in [0.15, 0.2) is 0 Å². The normalized spacial score (nSPS) is 24.2. The van der Waals surface area contributed by atoms with E-state index in [9.17, 15) is 8.42 Å². The first kappa shape index (κ1) is 13.5. The molecule has 0 aromatic carbocycles. The molecular weight excluding hydrogens is 224 g/mol. The van der Waals surface area contributed by atoms with Crippen LogP contribution in [0.2, 0.25) is 0 Å². The summed E-state index contributed by atoms with van der Waals surface area (Å²) in [6.07, 6.45) is 2.31. The molecule has 0 spiro atoms. The van der Waals surface area contributed by atoms with Crippen LogP contribution >= 0.6 is 0 Å². The van der Waals surface area contributed by atoms with E-state index in [4.69, 9.17) is 5.26 Å². The Morgan fingerprint density at radius 1 is 1.50 bits per heavy atom. The summed E-state index contributed by atoms with van der Waals surface area (Å²) in [5, 5.41) is 11.7. The van der Waals surface area contributed by atoms with E-state index in [0.717, 1.165) is 19.3 Å². The maximum absolute atomic E-state index is 11.5. The summed E-state index contributed by atoms with van der Waals surface area (Å²) in [5.41, 5.74) is -0.332. The zero-order valence-corrected chi connectivity index (χ0v) is 10.8. The third kappa shape index (κ3) is 3.76. The van der Waals surface area contributed by atoms with Gasteiger partial charge >= 0.3 is 0 Å². The number of nitriles is 1.